The first kappa shape index (κ1) is 39.4. The van der Waals surface area contributed by atoms with Crippen molar-refractivity contribution in [2.75, 3.05) is 18.4 Å². The third kappa shape index (κ3) is 15.4. The molecule has 2 aliphatic carbocycles. The first-order valence-electron chi connectivity index (χ1n) is 16.5. The Labute approximate surface area is 303 Å². The average Bonchev–Trinajstić information content (AvgIpc) is 3.37. The topological polar surface area (TPSA) is 24.5 Å². The van der Waals surface area contributed by atoms with Crippen molar-refractivity contribution in [1.29, 1.82) is 0 Å². The fourth-order valence-electron chi connectivity index (χ4n) is 5.47. The number of fused-ring (bicyclic) bond motifs is 1. The summed E-state index contributed by atoms with van der Waals surface area (Å²) >= 11 is 0. The molecule has 42 heavy (non-hydrogen) atoms. The van der Waals surface area contributed by atoms with Crippen molar-refractivity contribution in [3.8, 4) is 5.75 Å². The molecule has 4 heteroatoms. The second-order valence-corrected chi connectivity index (χ2v) is 13.1. The molecule has 2 aromatic carbocycles. The molecule has 0 spiro atoms. The number of nitrogens with one attached hydrogen (secondary N) is 1. The molecule has 0 radical (unpaired) electrons. The van der Waals surface area contributed by atoms with E-state index in [-0.39, 0.29) is 51.4 Å². The van der Waals surface area contributed by atoms with Crippen molar-refractivity contribution in [3.63, 3.8) is 0 Å². The van der Waals surface area contributed by atoms with Gasteiger partial charge in [-0.25, -0.2) is 0 Å². The minimum Gasteiger partial charge on any atom is -0.406 e. The number of hydroxylamine groups is 2. The molecule has 0 bridgehead atoms. The van der Waals surface area contributed by atoms with Crippen LogP contribution < -0.4 is 61.5 Å². The van der Waals surface area contributed by atoms with E-state index in [9.17, 15) is 0 Å². The van der Waals surface area contributed by atoms with Gasteiger partial charge in [-0.05, 0) is 67.1 Å². The van der Waals surface area contributed by atoms with Crippen LogP contribution in [-0.4, -0.2) is 18.2 Å². The molecule has 0 amide bonds. The van der Waals surface area contributed by atoms with Crippen LogP contribution in [0.25, 0.3) is 5.70 Å². The molecule has 3 unspecified atom stereocenters. The van der Waals surface area contributed by atoms with Gasteiger partial charge in [-0.15, -0.1) is 5.06 Å². The zero-order chi connectivity index (χ0) is 30.3. The van der Waals surface area contributed by atoms with E-state index >= 15 is 0 Å². The van der Waals surface area contributed by atoms with Crippen molar-refractivity contribution in [3.05, 3.63) is 72.7 Å². The molecule has 1 saturated heterocycles. The minimum absolute atomic E-state index is 0. The van der Waals surface area contributed by atoms with Gasteiger partial charge in [0.2, 0.25) is 0 Å². The summed E-state index contributed by atoms with van der Waals surface area (Å²) in [7, 11) is 0. The van der Waals surface area contributed by atoms with E-state index in [1.165, 1.54) is 63.4 Å². The van der Waals surface area contributed by atoms with Crippen molar-refractivity contribution in [2.45, 2.75) is 113 Å². The van der Waals surface area contributed by atoms with Gasteiger partial charge in [0.15, 0.2) is 0 Å². The van der Waals surface area contributed by atoms with Gasteiger partial charge in [0.25, 0.3) is 0 Å². The maximum Gasteiger partial charge on any atom is 1.00 e. The van der Waals surface area contributed by atoms with Crippen LogP contribution in [0.1, 0.15) is 117 Å². The summed E-state index contributed by atoms with van der Waals surface area (Å²) in [6.45, 7) is 23.6. The number of benzene rings is 2. The van der Waals surface area contributed by atoms with Crippen LogP contribution in [0.2, 0.25) is 0 Å². The standard InChI is InChI=1S/C20H24N2O.C10H17.C6H14.C2H6.K/c1-16-6-10-19(11-7-16)21-17(2)18-8-12-20(13-9-18)23-22-14-4-3-5-15-22;1-8-6-9-4-2-3-5-10(9)7-8;1-5-6(2,3)4;1-2;/h6-13,21H,2-5,14-15H2,1H3;6,8-10H,2-5,7H2,1H3;5H2,1-4H3;1-2H3;/q;-1;;;+1. The Morgan fingerprint density at radius 3 is 2.05 bits per heavy atom. The molecule has 0 aromatic heterocycles. The summed E-state index contributed by atoms with van der Waals surface area (Å²) < 4.78 is 0. The number of rotatable bonds is 5. The monoisotopic (exact) mass is 600 g/mol. The SMILES string of the molecule is C=C(Nc1ccc(C)cc1)c1ccc(ON2CCCCC2)cc1.CC.CC1[CH-]C2CCCCC2C1.CCC(C)(C)C.[K+]. The van der Waals surface area contributed by atoms with E-state index < -0.39 is 0 Å². The molecule has 3 fully saturated rings. The fourth-order valence-corrected chi connectivity index (χ4v) is 5.47. The first-order valence-corrected chi connectivity index (χ1v) is 16.5. The van der Waals surface area contributed by atoms with Crippen LogP contribution in [0.15, 0.2) is 55.1 Å². The quantitative estimate of drug-likeness (QED) is 0.276. The summed E-state index contributed by atoms with van der Waals surface area (Å²) in [6.07, 6.45) is 15.1. The van der Waals surface area contributed by atoms with E-state index in [0.717, 1.165) is 53.5 Å². The number of aryl methyl sites for hydroxylation is 1. The van der Waals surface area contributed by atoms with Gasteiger partial charge < -0.3 is 16.6 Å². The van der Waals surface area contributed by atoms with E-state index in [0.29, 0.717) is 5.41 Å². The molecule has 1 N–H and O–H groups in total. The van der Waals surface area contributed by atoms with Crippen molar-refractivity contribution in [1.82, 2.24) is 5.06 Å². The number of nitrogens with zero attached hydrogens (tertiary/aromatic N) is 1. The molecule has 1 heterocycles. The molecule has 3 nitrogen and oxygen atoms in total. The van der Waals surface area contributed by atoms with Crippen LogP contribution in [-0.2, 0) is 0 Å². The zero-order valence-electron chi connectivity index (χ0n) is 28.8. The van der Waals surface area contributed by atoms with Gasteiger partial charge in [0.1, 0.15) is 5.75 Å². The number of hydrogen-bond donors (Lipinski definition) is 1. The zero-order valence-corrected chi connectivity index (χ0v) is 31.9. The molecule has 3 aliphatic rings. The Balaban J connectivity index is 0.000000383. The normalized spacial score (nSPS) is 21.4. The van der Waals surface area contributed by atoms with Crippen molar-refractivity contribution in [2.24, 2.45) is 23.2 Å². The Morgan fingerprint density at radius 1 is 0.929 bits per heavy atom. The number of anilines is 1. The number of hydrogen-bond acceptors (Lipinski definition) is 3. The summed E-state index contributed by atoms with van der Waals surface area (Å²) in [4.78, 5) is 5.90. The molecular weight excluding hydrogens is 540 g/mol. The van der Waals surface area contributed by atoms with Gasteiger partial charge >= 0.3 is 51.4 Å². The maximum absolute atomic E-state index is 5.90. The number of piperidine rings is 1. The third-order valence-electron chi connectivity index (χ3n) is 8.38. The van der Waals surface area contributed by atoms with Crippen LogP contribution >= 0.6 is 0 Å². The molecule has 3 atom stereocenters. The maximum atomic E-state index is 5.90. The van der Waals surface area contributed by atoms with E-state index in [2.05, 4.69) is 89.2 Å². The largest absolute Gasteiger partial charge is 1.00 e. The van der Waals surface area contributed by atoms with Gasteiger partial charge in [-0.3, -0.25) is 0 Å². The summed E-state index contributed by atoms with van der Waals surface area (Å²) in [6, 6.07) is 16.4. The second-order valence-electron chi connectivity index (χ2n) is 13.1. The Hall–Kier alpha value is -0.624. The summed E-state index contributed by atoms with van der Waals surface area (Å²) in [5.74, 6) is 3.92. The molecule has 1 aliphatic heterocycles. The van der Waals surface area contributed by atoms with Gasteiger partial charge in [-0.1, -0.05) is 124 Å². The summed E-state index contributed by atoms with van der Waals surface area (Å²) in [5, 5.41) is 5.39. The predicted octanol–water partition coefficient (Wildman–Crippen LogP) is 8.37. The molecule has 2 aromatic rings. The van der Waals surface area contributed by atoms with Crippen LogP contribution in [0.3, 0.4) is 0 Å². The Morgan fingerprint density at radius 2 is 1.50 bits per heavy atom. The fraction of sp³-hybridized carbons (Fsp3) is 0.605. The molecule has 230 valence electrons. The van der Waals surface area contributed by atoms with E-state index in [1.807, 2.05) is 38.1 Å². The molecule has 2 saturated carbocycles. The first-order chi connectivity index (χ1) is 19.6. The smallest absolute Gasteiger partial charge is 0.406 e. The van der Waals surface area contributed by atoms with Crippen molar-refractivity contribution < 1.29 is 56.2 Å². The second kappa shape index (κ2) is 21.2. The molecule has 5 rings (SSSR count). The summed E-state index contributed by atoms with van der Waals surface area (Å²) in [5.41, 5.74) is 4.80. The van der Waals surface area contributed by atoms with Gasteiger partial charge in [0.05, 0.1) is 0 Å². The van der Waals surface area contributed by atoms with Crippen LogP contribution in [0.5, 0.6) is 5.75 Å². The molecular formula is C38H61KN2O. The van der Waals surface area contributed by atoms with Crippen molar-refractivity contribution >= 4 is 11.4 Å². The van der Waals surface area contributed by atoms with Crippen LogP contribution in [0, 0.1) is 36.5 Å². The van der Waals surface area contributed by atoms with Gasteiger partial charge in [0, 0.05) is 24.5 Å². The van der Waals surface area contributed by atoms with E-state index in [4.69, 9.17) is 4.84 Å². The third-order valence-corrected chi connectivity index (χ3v) is 8.38. The minimum atomic E-state index is 0. The van der Waals surface area contributed by atoms with Gasteiger partial charge in [-0.2, -0.15) is 11.8 Å². The Bertz CT molecular complexity index is 960. The van der Waals surface area contributed by atoms with E-state index in [1.54, 1.807) is 0 Å². The predicted molar refractivity (Wildman–Crippen MR) is 181 cm³/mol. The average molecular weight is 601 g/mol. The van der Waals surface area contributed by atoms with Crippen LogP contribution in [0.4, 0.5) is 5.69 Å². The Kier molecular flexibility index (Phi) is 19.9.